The van der Waals surface area contributed by atoms with Gasteiger partial charge in [0.1, 0.15) is 18.2 Å². The lowest BCUT2D eigenvalue weighted by atomic mass is 10.1. The van der Waals surface area contributed by atoms with Crippen LogP contribution in [0, 0.1) is 5.92 Å². The zero-order chi connectivity index (χ0) is 12.4. The number of aliphatic hydroxyl groups is 3. The molecule has 6 heteroatoms. The predicted molar refractivity (Wildman–Crippen MR) is 61.6 cm³/mol. The third kappa shape index (κ3) is 2.25. The first-order chi connectivity index (χ1) is 8.19. The van der Waals surface area contributed by atoms with Crippen LogP contribution < -0.4 is 5.32 Å². The van der Waals surface area contributed by atoms with Gasteiger partial charge in [0.15, 0.2) is 0 Å². The molecule has 0 spiro atoms. The number of fused-ring (bicyclic) bond motifs is 1. The summed E-state index contributed by atoms with van der Waals surface area (Å²) in [7, 11) is 0. The molecule has 0 bridgehead atoms. The molecular formula is C11H20N2O4. The van der Waals surface area contributed by atoms with E-state index < -0.39 is 30.3 Å². The van der Waals surface area contributed by atoms with Gasteiger partial charge in [0, 0.05) is 6.54 Å². The average Bonchev–Trinajstić information content (AvgIpc) is 2.81. The number of hydrogen-bond donors (Lipinski definition) is 4. The van der Waals surface area contributed by atoms with Gasteiger partial charge in [-0.25, -0.2) is 4.99 Å². The Morgan fingerprint density at radius 2 is 2.12 bits per heavy atom. The SMILES string of the molecule is CCCCNC1=N[C@@H]2[C@@H](O)[C@H](O)[C@@H](CO)[C@@H]2O1. The lowest BCUT2D eigenvalue weighted by Gasteiger charge is -2.18. The van der Waals surface area contributed by atoms with E-state index in [1.165, 1.54) is 0 Å². The lowest BCUT2D eigenvalue weighted by molar-refractivity contribution is -0.00716. The highest BCUT2D eigenvalue weighted by molar-refractivity contribution is 5.76. The molecule has 1 fully saturated rings. The Morgan fingerprint density at radius 1 is 1.35 bits per heavy atom. The largest absolute Gasteiger partial charge is 0.459 e. The quantitative estimate of drug-likeness (QED) is 0.468. The number of nitrogens with one attached hydrogen (secondary N) is 1. The molecule has 0 radical (unpaired) electrons. The number of unbranched alkanes of at least 4 members (excludes halogenated alkanes) is 1. The van der Waals surface area contributed by atoms with Crippen LogP contribution >= 0.6 is 0 Å². The highest BCUT2D eigenvalue weighted by Crippen LogP contribution is 2.34. The summed E-state index contributed by atoms with van der Waals surface area (Å²) >= 11 is 0. The van der Waals surface area contributed by atoms with Crippen LogP contribution in [0.25, 0.3) is 0 Å². The van der Waals surface area contributed by atoms with Gasteiger partial charge < -0.3 is 25.4 Å². The Labute approximate surface area is 100 Å². The van der Waals surface area contributed by atoms with Crippen molar-refractivity contribution in [2.45, 2.75) is 44.1 Å². The van der Waals surface area contributed by atoms with Crippen molar-refractivity contribution in [2.24, 2.45) is 10.9 Å². The highest BCUT2D eigenvalue weighted by Gasteiger charge is 2.54. The topological polar surface area (TPSA) is 94.3 Å². The fourth-order valence-corrected chi connectivity index (χ4v) is 2.37. The highest BCUT2D eigenvalue weighted by atomic mass is 16.5. The number of rotatable bonds is 4. The second-order valence-electron chi connectivity index (χ2n) is 4.62. The summed E-state index contributed by atoms with van der Waals surface area (Å²) in [6.07, 6.45) is -0.243. The maximum absolute atomic E-state index is 9.78. The molecule has 17 heavy (non-hydrogen) atoms. The van der Waals surface area contributed by atoms with Crippen molar-refractivity contribution in [3.05, 3.63) is 0 Å². The van der Waals surface area contributed by atoms with Crippen molar-refractivity contribution in [3.63, 3.8) is 0 Å². The number of nitrogens with zero attached hydrogens (tertiary/aromatic N) is 1. The minimum atomic E-state index is -0.962. The molecule has 1 aliphatic carbocycles. The van der Waals surface area contributed by atoms with Gasteiger partial charge in [-0.1, -0.05) is 13.3 Å². The molecule has 0 saturated heterocycles. The Bertz CT molecular complexity index is 297. The van der Waals surface area contributed by atoms with Crippen molar-refractivity contribution in [1.82, 2.24) is 5.32 Å². The molecule has 0 aromatic carbocycles. The molecular weight excluding hydrogens is 224 g/mol. The molecule has 0 aromatic heterocycles. The molecule has 1 saturated carbocycles. The molecule has 6 nitrogen and oxygen atoms in total. The Balaban J connectivity index is 1.95. The van der Waals surface area contributed by atoms with Gasteiger partial charge in [-0.3, -0.25) is 0 Å². The molecule has 2 aliphatic rings. The molecule has 5 atom stereocenters. The van der Waals surface area contributed by atoms with E-state index in [9.17, 15) is 15.3 Å². The molecule has 1 heterocycles. The smallest absolute Gasteiger partial charge is 0.285 e. The predicted octanol–water partition coefficient (Wildman–Crippen LogP) is -1.16. The summed E-state index contributed by atoms with van der Waals surface area (Å²) in [4.78, 5) is 4.21. The van der Waals surface area contributed by atoms with Crippen molar-refractivity contribution >= 4 is 6.02 Å². The Kier molecular flexibility index (Phi) is 3.86. The summed E-state index contributed by atoms with van der Waals surface area (Å²) in [5.41, 5.74) is 0. The normalized spacial score (nSPS) is 39.8. The van der Waals surface area contributed by atoms with E-state index in [4.69, 9.17) is 4.74 Å². The summed E-state index contributed by atoms with van der Waals surface area (Å²) in [5, 5.41) is 31.7. The van der Waals surface area contributed by atoms with Crippen molar-refractivity contribution in [2.75, 3.05) is 13.2 Å². The third-order valence-electron chi connectivity index (χ3n) is 3.43. The summed E-state index contributed by atoms with van der Waals surface area (Å²) in [6, 6.07) is -0.0517. The third-order valence-corrected chi connectivity index (χ3v) is 3.43. The maximum Gasteiger partial charge on any atom is 0.285 e. The number of aliphatic hydroxyl groups excluding tert-OH is 3. The molecule has 0 unspecified atom stereocenters. The van der Waals surface area contributed by atoms with Crippen molar-refractivity contribution in [3.8, 4) is 0 Å². The number of amidine groups is 1. The van der Waals surface area contributed by atoms with E-state index in [2.05, 4.69) is 17.2 Å². The standard InChI is InChI=1S/C11H20N2O4/c1-2-3-4-12-11-13-7-9(16)8(15)6(5-14)10(7)17-11/h6-10,14-16H,2-5H2,1H3,(H,12,13)/t6-,7-,8-,9-,10+/m1/s1. The van der Waals surface area contributed by atoms with E-state index in [-0.39, 0.29) is 6.61 Å². The molecule has 98 valence electrons. The summed E-state index contributed by atoms with van der Waals surface area (Å²) in [5.74, 6) is -0.468. The number of ether oxygens (including phenoxy) is 1. The zero-order valence-corrected chi connectivity index (χ0v) is 9.91. The van der Waals surface area contributed by atoms with Crippen LogP contribution in [0.1, 0.15) is 19.8 Å². The van der Waals surface area contributed by atoms with E-state index >= 15 is 0 Å². The van der Waals surface area contributed by atoms with Gasteiger partial charge in [-0.05, 0) is 6.42 Å². The van der Waals surface area contributed by atoms with Crippen LogP contribution in [0.2, 0.25) is 0 Å². The van der Waals surface area contributed by atoms with E-state index in [1.54, 1.807) is 0 Å². The van der Waals surface area contributed by atoms with E-state index in [1.807, 2.05) is 0 Å². The fourth-order valence-electron chi connectivity index (χ4n) is 2.37. The number of hydrogen-bond acceptors (Lipinski definition) is 6. The number of aliphatic imine (C=N–C) groups is 1. The van der Waals surface area contributed by atoms with Crippen LogP contribution in [-0.4, -0.2) is 58.8 Å². The van der Waals surface area contributed by atoms with Gasteiger partial charge in [0.2, 0.25) is 0 Å². The molecule has 0 aromatic rings. The average molecular weight is 244 g/mol. The van der Waals surface area contributed by atoms with Crippen LogP contribution in [0.3, 0.4) is 0 Å². The minimum Gasteiger partial charge on any atom is -0.459 e. The fraction of sp³-hybridized carbons (Fsp3) is 0.909. The first-order valence-corrected chi connectivity index (χ1v) is 6.14. The Morgan fingerprint density at radius 3 is 2.76 bits per heavy atom. The van der Waals surface area contributed by atoms with Crippen LogP contribution in [-0.2, 0) is 4.74 Å². The first kappa shape index (κ1) is 12.6. The van der Waals surface area contributed by atoms with Gasteiger partial charge in [-0.15, -0.1) is 0 Å². The van der Waals surface area contributed by atoms with Crippen LogP contribution in [0.5, 0.6) is 0 Å². The summed E-state index contributed by atoms with van der Waals surface area (Å²) < 4.78 is 5.54. The maximum atomic E-state index is 9.78. The van der Waals surface area contributed by atoms with E-state index in [0.717, 1.165) is 19.4 Å². The molecule has 2 rings (SSSR count). The van der Waals surface area contributed by atoms with Gasteiger partial charge in [-0.2, -0.15) is 0 Å². The minimum absolute atomic E-state index is 0.211. The molecule has 1 aliphatic heterocycles. The van der Waals surface area contributed by atoms with Crippen LogP contribution in [0.15, 0.2) is 4.99 Å². The summed E-state index contributed by atoms with van der Waals surface area (Å²) in [6.45, 7) is 2.66. The van der Waals surface area contributed by atoms with Gasteiger partial charge in [0.25, 0.3) is 6.02 Å². The van der Waals surface area contributed by atoms with Crippen LogP contribution in [0.4, 0.5) is 0 Å². The molecule has 0 amide bonds. The van der Waals surface area contributed by atoms with E-state index in [0.29, 0.717) is 6.02 Å². The van der Waals surface area contributed by atoms with Gasteiger partial charge in [0.05, 0.1) is 18.6 Å². The second-order valence-corrected chi connectivity index (χ2v) is 4.62. The molecule has 4 N–H and O–H groups in total. The zero-order valence-electron chi connectivity index (χ0n) is 9.91. The lowest BCUT2D eigenvalue weighted by Crippen LogP contribution is -2.34. The van der Waals surface area contributed by atoms with Crippen molar-refractivity contribution in [1.29, 1.82) is 0 Å². The van der Waals surface area contributed by atoms with Crippen molar-refractivity contribution < 1.29 is 20.1 Å². The van der Waals surface area contributed by atoms with Gasteiger partial charge >= 0.3 is 0 Å². The monoisotopic (exact) mass is 244 g/mol. The second kappa shape index (κ2) is 5.20. The first-order valence-electron chi connectivity index (χ1n) is 6.14. The Hall–Kier alpha value is -0.850.